The van der Waals surface area contributed by atoms with E-state index >= 15 is 0 Å². The first kappa shape index (κ1) is 10.8. The van der Waals surface area contributed by atoms with Crippen LogP contribution in [0.2, 0.25) is 0 Å². The summed E-state index contributed by atoms with van der Waals surface area (Å²) >= 11 is 3.49. The van der Waals surface area contributed by atoms with Crippen molar-refractivity contribution in [2.75, 3.05) is 0 Å². The molecule has 0 amide bonds. The highest BCUT2D eigenvalue weighted by Gasteiger charge is 2.20. The standard InChI is InChI=1S/C15H13BrO/c16-13-8-6-12-7-9-14(17-15(12)10-13)11-4-2-1-3-5-11/h1-6,8,10,14H,7,9H2/t14-/m1/s1. The monoisotopic (exact) mass is 288 g/mol. The lowest BCUT2D eigenvalue weighted by atomic mass is 9.98. The molecule has 0 aromatic heterocycles. The van der Waals surface area contributed by atoms with E-state index in [4.69, 9.17) is 4.74 Å². The van der Waals surface area contributed by atoms with Crippen LogP contribution in [-0.2, 0) is 6.42 Å². The predicted molar refractivity (Wildman–Crippen MR) is 72.3 cm³/mol. The number of hydrogen-bond donors (Lipinski definition) is 0. The Morgan fingerprint density at radius 2 is 1.88 bits per heavy atom. The Labute approximate surface area is 110 Å². The van der Waals surface area contributed by atoms with Crippen LogP contribution in [-0.4, -0.2) is 0 Å². The van der Waals surface area contributed by atoms with Crippen molar-refractivity contribution in [3.8, 4) is 5.75 Å². The summed E-state index contributed by atoms with van der Waals surface area (Å²) in [7, 11) is 0. The summed E-state index contributed by atoms with van der Waals surface area (Å²) in [5.41, 5.74) is 2.57. The number of ether oxygens (including phenoxy) is 1. The van der Waals surface area contributed by atoms with Crippen LogP contribution in [0.4, 0.5) is 0 Å². The second-order valence-electron chi connectivity index (χ2n) is 4.31. The first-order valence-corrected chi connectivity index (χ1v) is 6.62. The molecule has 86 valence electrons. The third-order valence-electron chi connectivity index (χ3n) is 3.15. The van der Waals surface area contributed by atoms with Crippen LogP contribution in [0.5, 0.6) is 5.75 Å². The van der Waals surface area contributed by atoms with E-state index in [9.17, 15) is 0 Å². The minimum Gasteiger partial charge on any atom is -0.485 e. The van der Waals surface area contributed by atoms with E-state index in [-0.39, 0.29) is 6.10 Å². The Morgan fingerprint density at radius 3 is 2.71 bits per heavy atom. The molecule has 0 spiro atoms. The van der Waals surface area contributed by atoms with Crippen LogP contribution < -0.4 is 4.74 Å². The molecule has 0 unspecified atom stereocenters. The topological polar surface area (TPSA) is 9.23 Å². The summed E-state index contributed by atoms with van der Waals surface area (Å²) in [5, 5.41) is 0. The zero-order valence-electron chi connectivity index (χ0n) is 9.40. The summed E-state index contributed by atoms with van der Waals surface area (Å²) in [6.07, 6.45) is 2.33. The Kier molecular flexibility index (Phi) is 2.89. The van der Waals surface area contributed by atoms with Crippen molar-refractivity contribution in [2.24, 2.45) is 0 Å². The molecule has 1 atom stereocenters. The second-order valence-corrected chi connectivity index (χ2v) is 5.22. The molecule has 0 N–H and O–H groups in total. The summed E-state index contributed by atoms with van der Waals surface area (Å²) in [5.74, 6) is 1.01. The van der Waals surface area contributed by atoms with E-state index in [1.54, 1.807) is 0 Å². The zero-order chi connectivity index (χ0) is 11.7. The molecule has 0 saturated carbocycles. The van der Waals surface area contributed by atoms with E-state index in [1.807, 2.05) is 6.07 Å². The molecule has 2 heteroatoms. The van der Waals surface area contributed by atoms with Gasteiger partial charge in [-0.1, -0.05) is 52.3 Å². The SMILES string of the molecule is Brc1ccc2c(c1)O[C@@H](c1ccccc1)CC2. The van der Waals surface area contributed by atoms with Gasteiger partial charge >= 0.3 is 0 Å². The maximum Gasteiger partial charge on any atom is 0.124 e. The minimum absolute atomic E-state index is 0.193. The molecule has 1 aliphatic heterocycles. The highest BCUT2D eigenvalue weighted by Crippen LogP contribution is 2.36. The van der Waals surface area contributed by atoms with Gasteiger partial charge in [0, 0.05) is 4.47 Å². The van der Waals surface area contributed by atoms with Crippen LogP contribution in [0.1, 0.15) is 23.7 Å². The third-order valence-corrected chi connectivity index (χ3v) is 3.64. The Balaban J connectivity index is 1.90. The van der Waals surface area contributed by atoms with Crippen molar-refractivity contribution in [2.45, 2.75) is 18.9 Å². The zero-order valence-corrected chi connectivity index (χ0v) is 11.0. The van der Waals surface area contributed by atoms with Crippen LogP contribution in [0, 0.1) is 0 Å². The average molecular weight is 289 g/mol. The van der Waals surface area contributed by atoms with Crippen LogP contribution in [0.25, 0.3) is 0 Å². The quantitative estimate of drug-likeness (QED) is 0.750. The summed E-state index contributed by atoms with van der Waals surface area (Å²) in [6.45, 7) is 0. The van der Waals surface area contributed by atoms with Gasteiger partial charge in [-0.05, 0) is 36.1 Å². The first-order chi connectivity index (χ1) is 8.33. The number of halogens is 1. The minimum atomic E-state index is 0.193. The number of hydrogen-bond acceptors (Lipinski definition) is 1. The Bertz CT molecular complexity index is 522. The van der Waals surface area contributed by atoms with Gasteiger partial charge in [0.25, 0.3) is 0 Å². The normalized spacial score (nSPS) is 18.3. The number of rotatable bonds is 1. The fraction of sp³-hybridized carbons (Fsp3) is 0.200. The highest BCUT2D eigenvalue weighted by molar-refractivity contribution is 9.10. The molecule has 3 rings (SSSR count). The summed E-state index contributed by atoms with van der Waals surface area (Å²) < 4.78 is 7.14. The van der Waals surface area contributed by atoms with Crippen molar-refractivity contribution >= 4 is 15.9 Å². The van der Waals surface area contributed by atoms with Gasteiger partial charge in [-0.2, -0.15) is 0 Å². The van der Waals surface area contributed by atoms with Crippen molar-refractivity contribution in [3.05, 3.63) is 64.1 Å². The van der Waals surface area contributed by atoms with Crippen LogP contribution in [0.15, 0.2) is 53.0 Å². The number of benzene rings is 2. The Morgan fingerprint density at radius 1 is 1.06 bits per heavy atom. The number of fused-ring (bicyclic) bond motifs is 1. The largest absolute Gasteiger partial charge is 0.485 e. The lowest BCUT2D eigenvalue weighted by molar-refractivity contribution is 0.176. The lowest BCUT2D eigenvalue weighted by Crippen LogP contribution is -2.14. The molecule has 1 nitrogen and oxygen atoms in total. The van der Waals surface area contributed by atoms with Gasteiger partial charge in [-0.3, -0.25) is 0 Å². The molecule has 2 aromatic rings. The van der Waals surface area contributed by atoms with E-state index < -0.39 is 0 Å². The molecule has 0 saturated heterocycles. The van der Waals surface area contributed by atoms with E-state index in [1.165, 1.54) is 11.1 Å². The van der Waals surface area contributed by atoms with Gasteiger partial charge in [0.2, 0.25) is 0 Å². The molecule has 17 heavy (non-hydrogen) atoms. The van der Waals surface area contributed by atoms with Gasteiger partial charge in [0.1, 0.15) is 11.9 Å². The molecule has 0 aliphatic carbocycles. The smallest absolute Gasteiger partial charge is 0.124 e. The molecule has 2 aromatic carbocycles. The maximum atomic E-state index is 6.07. The highest BCUT2D eigenvalue weighted by atomic mass is 79.9. The van der Waals surface area contributed by atoms with E-state index in [2.05, 4.69) is 58.4 Å². The third kappa shape index (κ3) is 2.22. The first-order valence-electron chi connectivity index (χ1n) is 5.83. The van der Waals surface area contributed by atoms with Gasteiger partial charge < -0.3 is 4.74 Å². The summed E-state index contributed by atoms with van der Waals surface area (Å²) in [6, 6.07) is 16.7. The fourth-order valence-corrected chi connectivity index (χ4v) is 2.59. The van der Waals surface area contributed by atoms with Crippen molar-refractivity contribution in [1.29, 1.82) is 0 Å². The molecular weight excluding hydrogens is 276 g/mol. The van der Waals surface area contributed by atoms with Crippen molar-refractivity contribution in [1.82, 2.24) is 0 Å². The Hall–Kier alpha value is -1.28. The lowest BCUT2D eigenvalue weighted by Gasteiger charge is -2.26. The van der Waals surface area contributed by atoms with E-state index in [0.717, 1.165) is 23.1 Å². The molecule has 0 fully saturated rings. The van der Waals surface area contributed by atoms with Gasteiger partial charge in [0.05, 0.1) is 0 Å². The molecule has 1 heterocycles. The van der Waals surface area contributed by atoms with E-state index in [0.29, 0.717) is 0 Å². The van der Waals surface area contributed by atoms with Crippen molar-refractivity contribution in [3.63, 3.8) is 0 Å². The summed E-state index contributed by atoms with van der Waals surface area (Å²) in [4.78, 5) is 0. The average Bonchev–Trinajstić information content (AvgIpc) is 2.39. The van der Waals surface area contributed by atoms with Gasteiger partial charge in [-0.25, -0.2) is 0 Å². The molecule has 1 aliphatic rings. The van der Waals surface area contributed by atoms with Crippen LogP contribution >= 0.6 is 15.9 Å². The van der Waals surface area contributed by atoms with Gasteiger partial charge in [0.15, 0.2) is 0 Å². The van der Waals surface area contributed by atoms with Crippen LogP contribution in [0.3, 0.4) is 0 Å². The maximum absolute atomic E-state index is 6.07. The fourth-order valence-electron chi connectivity index (χ4n) is 2.25. The molecular formula is C15H13BrO. The van der Waals surface area contributed by atoms with Crippen molar-refractivity contribution < 1.29 is 4.74 Å². The molecule has 0 bridgehead atoms. The van der Waals surface area contributed by atoms with Gasteiger partial charge in [-0.15, -0.1) is 0 Å². The second kappa shape index (κ2) is 4.53. The predicted octanol–water partition coefficient (Wildman–Crippen LogP) is 4.52. The molecule has 0 radical (unpaired) electrons. The number of aryl methyl sites for hydroxylation is 1.